The monoisotopic (exact) mass is 220 g/mol. The topological polar surface area (TPSA) is 73.1 Å². The molecule has 1 fully saturated rings. The molecule has 0 bridgehead atoms. The fourth-order valence-electron chi connectivity index (χ4n) is 2.00. The summed E-state index contributed by atoms with van der Waals surface area (Å²) in [5, 5.41) is 10.1. The molecule has 2 atom stereocenters. The van der Waals surface area contributed by atoms with E-state index in [-0.39, 0.29) is 6.10 Å². The number of hydrogen-bond acceptors (Lipinski definition) is 5. The third-order valence-electron chi connectivity index (χ3n) is 2.82. The molecule has 3 rings (SSSR count). The van der Waals surface area contributed by atoms with E-state index >= 15 is 0 Å². The van der Waals surface area contributed by atoms with Crippen LogP contribution in [0.3, 0.4) is 0 Å². The Morgan fingerprint density at radius 1 is 1.50 bits per heavy atom. The van der Waals surface area contributed by atoms with E-state index in [1.165, 1.54) is 6.33 Å². The maximum absolute atomic E-state index is 10.1. The molecule has 2 aromatic heterocycles. The van der Waals surface area contributed by atoms with Gasteiger partial charge in [0.25, 0.3) is 0 Å². The number of rotatable bonds is 2. The number of aromatic nitrogens is 4. The standard InChI is InChI=1S/C10H12N4O2/c15-10(8-2-1-3-16-8)14-6-13-7-4-11-5-12-9(7)14/h4-6,8,10,15H,1-3H2. The summed E-state index contributed by atoms with van der Waals surface area (Å²) in [5.74, 6) is 0. The Hall–Kier alpha value is -1.53. The van der Waals surface area contributed by atoms with Gasteiger partial charge in [0.15, 0.2) is 11.9 Å². The Labute approximate surface area is 91.9 Å². The first-order valence-electron chi connectivity index (χ1n) is 5.28. The molecule has 0 amide bonds. The lowest BCUT2D eigenvalue weighted by atomic mass is 10.2. The van der Waals surface area contributed by atoms with Crippen LogP contribution in [0, 0.1) is 0 Å². The summed E-state index contributed by atoms with van der Waals surface area (Å²) >= 11 is 0. The Balaban J connectivity index is 1.98. The molecule has 1 aliphatic rings. The highest BCUT2D eigenvalue weighted by Crippen LogP contribution is 2.24. The van der Waals surface area contributed by atoms with Gasteiger partial charge in [-0.3, -0.25) is 4.57 Å². The second kappa shape index (κ2) is 3.80. The summed E-state index contributed by atoms with van der Waals surface area (Å²) in [6, 6.07) is 0. The van der Waals surface area contributed by atoms with E-state index in [0.717, 1.165) is 12.8 Å². The lowest BCUT2D eigenvalue weighted by Crippen LogP contribution is -2.22. The Bertz CT molecular complexity index is 492. The quantitative estimate of drug-likeness (QED) is 0.797. The minimum Gasteiger partial charge on any atom is -0.374 e. The summed E-state index contributed by atoms with van der Waals surface area (Å²) in [4.78, 5) is 12.1. The normalized spacial score (nSPS) is 22.7. The first kappa shape index (κ1) is 9.68. The van der Waals surface area contributed by atoms with E-state index in [0.29, 0.717) is 17.8 Å². The number of aliphatic hydroxyl groups is 1. The molecule has 1 saturated heterocycles. The molecule has 0 saturated carbocycles. The second-order valence-corrected chi connectivity index (χ2v) is 3.85. The molecule has 0 aromatic carbocycles. The van der Waals surface area contributed by atoms with Gasteiger partial charge in [0.1, 0.15) is 17.9 Å². The van der Waals surface area contributed by atoms with Crippen molar-refractivity contribution in [2.24, 2.45) is 0 Å². The van der Waals surface area contributed by atoms with Crippen LogP contribution in [0.2, 0.25) is 0 Å². The third kappa shape index (κ3) is 1.46. The van der Waals surface area contributed by atoms with E-state index in [1.54, 1.807) is 17.1 Å². The SMILES string of the molecule is OC(C1CCCO1)n1cnc2cncnc21. The molecule has 2 aromatic rings. The predicted octanol–water partition coefficient (Wildman–Crippen LogP) is 0.496. The Morgan fingerprint density at radius 2 is 2.44 bits per heavy atom. The number of imidazole rings is 1. The summed E-state index contributed by atoms with van der Waals surface area (Å²) in [7, 11) is 0. The summed E-state index contributed by atoms with van der Waals surface area (Å²) in [6.07, 6.45) is 5.62. The first-order valence-corrected chi connectivity index (χ1v) is 5.28. The van der Waals surface area contributed by atoms with Crippen molar-refractivity contribution < 1.29 is 9.84 Å². The predicted molar refractivity (Wildman–Crippen MR) is 55.6 cm³/mol. The average molecular weight is 220 g/mol. The van der Waals surface area contributed by atoms with Crippen molar-refractivity contribution in [2.45, 2.75) is 25.2 Å². The minimum absolute atomic E-state index is 0.160. The van der Waals surface area contributed by atoms with Gasteiger partial charge in [-0.25, -0.2) is 15.0 Å². The van der Waals surface area contributed by atoms with Crippen LogP contribution in [0.4, 0.5) is 0 Å². The second-order valence-electron chi connectivity index (χ2n) is 3.85. The highest BCUT2D eigenvalue weighted by atomic mass is 16.5. The first-order chi connectivity index (χ1) is 7.86. The van der Waals surface area contributed by atoms with E-state index in [4.69, 9.17) is 4.74 Å². The van der Waals surface area contributed by atoms with Gasteiger partial charge in [0.05, 0.1) is 12.5 Å². The van der Waals surface area contributed by atoms with Crippen LogP contribution in [-0.2, 0) is 4.74 Å². The van der Waals surface area contributed by atoms with E-state index < -0.39 is 6.23 Å². The van der Waals surface area contributed by atoms with Gasteiger partial charge in [-0.15, -0.1) is 0 Å². The summed E-state index contributed by atoms with van der Waals surface area (Å²) < 4.78 is 7.08. The molecule has 3 heterocycles. The van der Waals surface area contributed by atoms with Crippen LogP contribution in [-0.4, -0.2) is 37.3 Å². The van der Waals surface area contributed by atoms with E-state index in [9.17, 15) is 5.11 Å². The van der Waals surface area contributed by atoms with E-state index in [1.807, 2.05) is 0 Å². The van der Waals surface area contributed by atoms with Crippen molar-refractivity contribution >= 4 is 11.2 Å². The van der Waals surface area contributed by atoms with Crippen molar-refractivity contribution in [1.29, 1.82) is 0 Å². The molecule has 1 aliphatic heterocycles. The Kier molecular flexibility index (Phi) is 2.30. The molecule has 0 aliphatic carbocycles. The van der Waals surface area contributed by atoms with Crippen molar-refractivity contribution in [3.05, 3.63) is 18.9 Å². The van der Waals surface area contributed by atoms with Gasteiger partial charge >= 0.3 is 0 Å². The number of hydrogen-bond donors (Lipinski definition) is 1. The van der Waals surface area contributed by atoms with Gasteiger partial charge in [0, 0.05) is 6.61 Å². The summed E-state index contributed by atoms with van der Waals surface area (Å²) in [6.45, 7) is 0.712. The molecule has 1 N–H and O–H groups in total. The lowest BCUT2D eigenvalue weighted by molar-refractivity contribution is -0.0406. The van der Waals surface area contributed by atoms with Crippen LogP contribution in [0.5, 0.6) is 0 Å². The minimum atomic E-state index is -0.720. The highest BCUT2D eigenvalue weighted by Gasteiger charge is 2.26. The zero-order chi connectivity index (χ0) is 11.0. The van der Waals surface area contributed by atoms with Crippen LogP contribution in [0.25, 0.3) is 11.2 Å². The largest absolute Gasteiger partial charge is 0.374 e. The zero-order valence-electron chi connectivity index (χ0n) is 8.65. The van der Waals surface area contributed by atoms with Gasteiger partial charge in [-0.2, -0.15) is 0 Å². The number of ether oxygens (including phenoxy) is 1. The zero-order valence-corrected chi connectivity index (χ0v) is 8.65. The van der Waals surface area contributed by atoms with Crippen LogP contribution in [0.1, 0.15) is 19.1 Å². The van der Waals surface area contributed by atoms with Crippen LogP contribution >= 0.6 is 0 Å². The lowest BCUT2D eigenvalue weighted by Gasteiger charge is -2.18. The van der Waals surface area contributed by atoms with Crippen molar-refractivity contribution in [3.63, 3.8) is 0 Å². The van der Waals surface area contributed by atoms with Gasteiger partial charge in [-0.05, 0) is 12.8 Å². The molecular formula is C10H12N4O2. The molecule has 6 heteroatoms. The number of nitrogens with zero attached hydrogens (tertiary/aromatic N) is 4. The maximum atomic E-state index is 10.1. The molecule has 6 nitrogen and oxygen atoms in total. The molecule has 16 heavy (non-hydrogen) atoms. The van der Waals surface area contributed by atoms with Crippen LogP contribution in [0.15, 0.2) is 18.9 Å². The number of fused-ring (bicyclic) bond motifs is 1. The third-order valence-corrected chi connectivity index (χ3v) is 2.82. The molecule has 84 valence electrons. The van der Waals surface area contributed by atoms with Gasteiger partial charge < -0.3 is 9.84 Å². The van der Waals surface area contributed by atoms with E-state index in [2.05, 4.69) is 15.0 Å². The van der Waals surface area contributed by atoms with Crippen molar-refractivity contribution in [1.82, 2.24) is 19.5 Å². The van der Waals surface area contributed by atoms with Crippen LogP contribution < -0.4 is 0 Å². The van der Waals surface area contributed by atoms with Gasteiger partial charge in [0.2, 0.25) is 0 Å². The molecule has 0 radical (unpaired) electrons. The molecule has 2 unspecified atom stereocenters. The Morgan fingerprint density at radius 3 is 3.25 bits per heavy atom. The fraction of sp³-hybridized carbons (Fsp3) is 0.500. The molecular weight excluding hydrogens is 208 g/mol. The maximum Gasteiger partial charge on any atom is 0.165 e. The van der Waals surface area contributed by atoms with Crippen molar-refractivity contribution in [2.75, 3.05) is 6.61 Å². The van der Waals surface area contributed by atoms with Crippen molar-refractivity contribution in [3.8, 4) is 0 Å². The summed E-state index contributed by atoms with van der Waals surface area (Å²) in [5.41, 5.74) is 1.32. The average Bonchev–Trinajstić information content (AvgIpc) is 2.98. The molecule has 0 spiro atoms. The smallest absolute Gasteiger partial charge is 0.165 e. The van der Waals surface area contributed by atoms with Gasteiger partial charge in [-0.1, -0.05) is 0 Å². The highest BCUT2D eigenvalue weighted by molar-refractivity contribution is 5.68. The number of aliphatic hydroxyl groups excluding tert-OH is 1. The fourth-order valence-corrected chi connectivity index (χ4v) is 2.00.